The minimum Gasteiger partial charge on any atom is -0.497 e. The van der Waals surface area contributed by atoms with Crippen LogP contribution in [0.4, 0.5) is 0 Å². The fourth-order valence-electron chi connectivity index (χ4n) is 2.40. The first-order chi connectivity index (χ1) is 12.7. The van der Waals surface area contributed by atoms with Crippen molar-refractivity contribution in [3.05, 3.63) is 89.7 Å². The number of benzene rings is 2. The quantitative estimate of drug-likeness (QED) is 0.709. The summed E-state index contributed by atoms with van der Waals surface area (Å²) in [4.78, 5) is 16.2. The molecule has 5 heteroatoms. The molecule has 3 rings (SSSR count). The molecule has 1 N–H and O–H groups in total. The average molecular weight is 348 g/mol. The third-order valence-corrected chi connectivity index (χ3v) is 3.84. The van der Waals surface area contributed by atoms with Crippen molar-refractivity contribution >= 4 is 5.91 Å². The summed E-state index contributed by atoms with van der Waals surface area (Å²) in [7, 11) is 1.62. The minimum absolute atomic E-state index is 0.117. The van der Waals surface area contributed by atoms with Gasteiger partial charge in [-0.3, -0.25) is 9.78 Å². The third kappa shape index (κ3) is 4.83. The molecule has 0 saturated heterocycles. The lowest BCUT2D eigenvalue weighted by Gasteiger charge is -2.09. The Morgan fingerprint density at radius 3 is 2.54 bits per heavy atom. The van der Waals surface area contributed by atoms with Crippen molar-refractivity contribution in [1.82, 2.24) is 10.3 Å². The predicted molar refractivity (Wildman–Crippen MR) is 99.2 cm³/mol. The highest BCUT2D eigenvalue weighted by Gasteiger charge is 2.06. The molecule has 0 fully saturated rings. The van der Waals surface area contributed by atoms with Crippen LogP contribution in [0, 0.1) is 0 Å². The van der Waals surface area contributed by atoms with E-state index in [2.05, 4.69) is 10.3 Å². The first-order valence-electron chi connectivity index (χ1n) is 8.27. The number of ether oxygens (including phenoxy) is 2. The van der Waals surface area contributed by atoms with Crippen LogP contribution in [0.1, 0.15) is 21.5 Å². The van der Waals surface area contributed by atoms with E-state index in [-0.39, 0.29) is 5.91 Å². The zero-order valence-electron chi connectivity index (χ0n) is 14.5. The second-order valence-corrected chi connectivity index (χ2v) is 5.71. The lowest BCUT2D eigenvalue weighted by atomic mass is 10.1. The smallest absolute Gasteiger partial charge is 0.251 e. The minimum atomic E-state index is -0.117. The Hall–Kier alpha value is -3.34. The summed E-state index contributed by atoms with van der Waals surface area (Å²) in [6.07, 6.45) is 3.44. The van der Waals surface area contributed by atoms with Crippen molar-refractivity contribution in [3.8, 4) is 11.5 Å². The van der Waals surface area contributed by atoms with Gasteiger partial charge in [0.25, 0.3) is 5.91 Å². The van der Waals surface area contributed by atoms with Gasteiger partial charge in [-0.1, -0.05) is 24.3 Å². The van der Waals surface area contributed by atoms with Crippen molar-refractivity contribution in [2.75, 3.05) is 7.11 Å². The number of methoxy groups -OCH3 is 1. The Balaban J connectivity index is 1.53. The number of carbonyl (C=O) groups is 1. The molecule has 1 aromatic heterocycles. The maximum atomic E-state index is 12.2. The van der Waals surface area contributed by atoms with Crippen LogP contribution in [-0.2, 0) is 13.2 Å². The standard InChI is InChI=1S/C21H20N2O3/c1-25-19-5-2-6-20(12-19)26-15-16-7-9-18(10-8-16)21(24)23-14-17-4-3-11-22-13-17/h2-13H,14-15H2,1H3,(H,23,24). The molecule has 0 unspecified atom stereocenters. The molecule has 0 saturated carbocycles. The molecule has 5 nitrogen and oxygen atoms in total. The van der Waals surface area contributed by atoms with Crippen LogP contribution in [-0.4, -0.2) is 18.0 Å². The molecule has 0 aliphatic heterocycles. The number of nitrogens with one attached hydrogen (secondary N) is 1. The number of amides is 1. The molecular formula is C21H20N2O3. The summed E-state index contributed by atoms with van der Waals surface area (Å²) in [5, 5.41) is 2.88. The molecule has 1 amide bonds. The van der Waals surface area contributed by atoms with E-state index in [0.717, 1.165) is 22.6 Å². The van der Waals surface area contributed by atoms with Crippen molar-refractivity contribution in [1.29, 1.82) is 0 Å². The molecule has 0 atom stereocenters. The number of hydrogen-bond donors (Lipinski definition) is 1. The van der Waals surface area contributed by atoms with Gasteiger partial charge in [-0.05, 0) is 41.5 Å². The van der Waals surface area contributed by atoms with Gasteiger partial charge in [-0.2, -0.15) is 0 Å². The number of pyridine rings is 1. The van der Waals surface area contributed by atoms with Gasteiger partial charge < -0.3 is 14.8 Å². The second kappa shape index (κ2) is 8.67. The van der Waals surface area contributed by atoms with Crippen LogP contribution < -0.4 is 14.8 Å². The van der Waals surface area contributed by atoms with Crippen LogP contribution in [0.25, 0.3) is 0 Å². The van der Waals surface area contributed by atoms with Gasteiger partial charge in [0, 0.05) is 30.6 Å². The van der Waals surface area contributed by atoms with Crippen LogP contribution in [0.2, 0.25) is 0 Å². The maximum Gasteiger partial charge on any atom is 0.251 e. The van der Waals surface area contributed by atoms with Crippen LogP contribution in [0.15, 0.2) is 73.1 Å². The van der Waals surface area contributed by atoms with Crippen LogP contribution in [0.5, 0.6) is 11.5 Å². The summed E-state index contributed by atoms with van der Waals surface area (Å²) >= 11 is 0. The molecule has 0 bridgehead atoms. The topological polar surface area (TPSA) is 60.5 Å². The highest BCUT2D eigenvalue weighted by molar-refractivity contribution is 5.94. The molecule has 0 aliphatic rings. The fourth-order valence-corrected chi connectivity index (χ4v) is 2.40. The van der Waals surface area contributed by atoms with Crippen molar-refractivity contribution in [3.63, 3.8) is 0 Å². The average Bonchev–Trinajstić information content (AvgIpc) is 2.72. The molecule has 0 aliphatic carbocycles. The Morgan fingerprint density at radius 1 is 1.00 bits per heavy atom. The molecule has 0 radical (unpaired) electrons. The van der Waals surface area contributed by atoms with E-state index in [1.165, 1.54) is 0 Å². The summed E-state index contributed by atoms with van der Waals surface area (Å²) in [6.45, 7) is 0.873. The normalized spacial score (nSPS) is 10.2. The van der Waals surface area contributed by atoms with Gasteiger partial charge in [0.1, 0.15) is 18.1 Å². The third-order valence-electron chi connectivity index (χ3n) is 3.84. The van der Waals surface area contributed by atoms with E-state index in [9.17, 15) is 4.79 Å². The number of rotatable bonds is 7. The van der Waals surface area contributed by atoms with Crippen LogP contribution >= 0.6 is 0 Å². The van der Waals surface area contributed by atoms with E-state index in [1.807, 2.05) is 48.5 Å². The Kier molecular flexibility index (Phi) is 5.83. The van der Waals surface area contributed by atoms with Gasteiger partial charge in [0.15, 0.2) is 0 Å². The van der Waals surface area contributed by atoms with Gasteiger partial charge in [-0.25, -0.2) is 0 Å². The van der Waals surface area contributed by atoms with E-state index in [1.54, 1.807) is 31.6 Å². The van der Waals surface area contributed by atoms with Crippen molar-refractivity contribution in [2.24, 2.45) is 0 Å². The Morgan fingerprint density at radius 2 is 1.81 bits per heavy atom. The molecule has 26 heavy (non-hydrogen) atoms. The van der Waals surface area contributed by atoms with Crippen molar-refractivity contribution < 1.29 is 14.3 Å². The zero-order chi connectivity index (χ0) is 18.2. The molecule has 132 valence electrons. The summed E-state index contributed by atoms with van der Waals surface area (Å²) in [5.41, 5.74) is 2.56. The molecule has 0 spiro atoms. The number of nitrogens with zero attached hydrogens (tertiary/aromatic N) is 1. The lowest BCUT2D eigenvalue weighted by Crippen LogP contribution is -2.22. The van der Waals surface area contributed by atoms with Gasteiger partial charge in [0.2, 0.25) is 0 Å². The second-order valence-electron chi connectivity index (χ2n) is 5.71. The first kappa shape index (κ1) is 17.5. The summed E-state index contributed by atoms with van der Waals surface area (Å²) in [6, 6.07) is 18.6. The molecule has 1 heterocycles. The molecule has 3 aromatic rings. The molecule has 2 aromatic carbocycles. The SMILES string of the molecule is COc1cccc(OCc2ccc(C(=O)NCc3cccnc3)cc2)c1. The van der Waals surface area contributed by atoms with E-state index in [4.69, 9.17) is 9.47 Å². The monoisotopic (exact) mass is 348 g/mol. The summed E-state index contributed by atoms with van der Waals surface area (Å²) in [5.74, 6) is 1.37. The van der Waals surface area contributed by atoms with Gasteiger partial charge in [0.05, 0.1) is 7.11 Å². The van der Waals surface area contributed by atoms with Gasteiger partial charge >= 0.3 is 0 Å². The molecular weight excluding hydrogens is 328 g/mol. The highest BCUT2D eigenvalue weighted by Crippen LogP contribution is 2.20. The lowest BCUT2D eigenvalue weighted by molar-refractivity contribution is 0.0951. The fraction of sp³-hybridized carbons (Fsp3) is 0.143. The summed E-state index contributed by atoms with van der Waals surface area (Å²) < 4.78 is 10.9. The predicted octanol–water partition coefficient (Wildman–Crippen LogP) is 3.60. The van der Waals surface area contributed by atoms with E-state index < -0.39 is 0 Å². The number of aromatic nitrogens is 1. The number of hydrogen-bond acceptors (Lipinski definition) is 4. The van der Waals surface area contributed by atoms with Crippen LogP contribution in [0.3, 0.4) is 0 Å². The first-order valence-corrected chi connectivity index (χ1v) is 8.27. The van der Waals surface area contributed by atoms with Crippen molar-refractivity contribution in [2.45, 2.75) is 13.2 Å². The largest absolute Gasteiger partial charge is 0.497 e. The maximum absolute atomic E-state index is 12.2. The highest BCUT2D eigenvalue weighted by atomic mass is 16.5. The van der Waals surface area contributed by atoms with E-state index in [0.29, 0.717) is 18.7 Å². The Labute approximate surface area is 152 Å². The number of carbonyl (C=O) groups excluding carboxylic acids is 1. The van der Waals surface area contributed by atoms with Gasteiger partial charge in [-0.15, -0.1) is 0 Å². The van der Waals surface area contributed by atoms with E-state index >= 15 is 0 Å². The Bertz CT molecular complexity index is 849. The zero-order valence-corrected chi connectivity index (χ0v) is 14.5.